The zero-order chi connectivity index (χ0) is 14.5. The van der Waals surface area contributed by atoms with Crippen LogP contribution in [0.2, 0.25) is 0 Å². The summed E-state index contributed by atoms with van der Waals surface area (Å²) in [6.45, 7) is 5.72. The number of aliphatic hydroxyl groups excluding tert-OH is 1. The fourth-order valence-electron chi connectivity index (χ4n) is 2.47. The minimum Gasteiger partial charge on any atom is -0.395 e. The molecule has 7 nitrogen and oxygen atoms in total. The average Bonchev–Trinajstić information content (AvgIpc) is 2.65. The normalized spacial score (nSPS) is 17.0. The highest BCUT2D eigenvalue weighted by Crippen LogP contribution is 2.27. The van der Waals surface area contributed by atoms with E-state index >= 15 is 0 Å². The van der Waals surface area contributed by atoms with Crippen LogP contribution in [0.15, 0.2) is 12.3 Å². The molecule has 1 N–H and O–H groups in total. The van der Waals surface area contributed by atoms with Gasteiger partial charge in [0.1, 0.15) is 0 Å². The summed E-state index contributed by atoms with van der Waals surface area (Å²) in [6.07, 6.45) is 2.57. The lowest BCUT2D eigenvalue weighted by atomic mass is 10.2. The van der Waals surface area contributed by atoms with E-state index in [4.69, 9.17) is 5.11 Å². The van der Waals surface area contributed by atoms with Crippen LogP contribution in [0, 0.1) is 17.0 Å². The molecule has 0 atom stereocenters. The van der Waals surface area contributed by atoms with Crippen molar-refractivity contribution in [2.75, 3.05) is 44.2 Å². The van der Waals surface area contributed by atoms with Gasteiger partial charge in [-0.25, -0.2) is 4.98 Å². The van der Waals surface area contributed by atoms with Crippen molar-refractivity contribution in [2.45, 2.75) is 13.3 Å². The Balaban J connectivity index is 2.17. The van der Waals surface area contributed by atoms with Crippen molar-refractivity contribution in [3.63, 3.8) is 0 Å². The Kier molecular flexibility index (Phi) is 4.86. The Labute approximate surface area is 118 Å². The molecule has 20 heavy (non-hydrogen) atoms. The van der Waals surface area contributed by atoms with Crippen molar-refractivity contribution in [2.24, 2.45) is 0 Å². The molecule has 1 fully saturated rings. The first-order valence-electron chi connectivity index (χ1n) is 6.81. The van der Waals surface area contributed by atoms with Crippen molar-refractivity contribution in [1.82, 2.24) is 9.88 Å². The number of rotatable bonds is 4. The number of aryl methyl sites for hydroxylation is 1. The number of β-amino-alcohol motifs (C(OH)–C–C–N with tert-alkyl or cyclic N) is 1. The van der Waals surface area contributed by atoms with Gasteiger partial charge in [-0.05, 0) is 25.5 Å². The first-order valence-corrected chi connectivity index (χ1v) is 6.81. The summed E-state index contributed by atoms with van der Waals surface area (Å²) >= 11 is 0. The minimum absolute atomic E-state index is 0.0700. The third-order valence-corrected chi connectivity index (χ3v) is 3.48. The van der Waals surface area contributed by atoms with Crippen LogP contribution < -0.4 is 4.90 Å². The average molecular weight is 280 g/mol. The van der Waals surface area contributed by atoms with E-state index < -0.39 is 0 Å². The SMILES string of the molecule is Cc1cnc(N2CCCN(CCO)CC2)c([N+](=O)[O-])c1. The van der Waals surface area contributed by atoms with E-state index in [1.807, 2.05) is 4.90 Å². The van der Waals surface area contributed by atoms with Gasteiger partial charge >= 0.3 is 5.69 Å². The van der Waals surface area contributed by atoms with Crippen LogP contribution in [0.3, 0.4) is 0 Å². The number of pyridine rings is 1. The van der Waals surface area contributed by atoms with Gasteiger partial charge in [0.25, 0.3) is 0 Å². The van der Waals surface area contributed by atoms with Crippen LogP contribution in [-0.2, 0) is 0 Å². The van der Waals surface area contributed by atoms with Gasteiger partial charge in [0.05, 0.1) is 11.5 Å². The lowest BCUT2D eigenvalue weighted by Crippen LogP contribution is -2.33. The summed E-state index contributed by atoms with van der Waals surface area (Å²) in [4.78, 5) is 19.2. The molecule has 0 aliphatic carbocycles. The van der Waals surface area contributed by atoms with Crippen LogP contribution >= 0.6 is 0 Å². The molecule has 1 aliphatic heterocycles. The molecule has 1 aromatic rings. The summed E-state index contributed by atoms with van der Waals surface area (Å²) in [6, 6.07) is 1.57. The van der Waals surface area contributed by atoms with Gasteiger partial charge in [0.15, 0.2) is 0 Å². The quantitative estimate of drug-likeness (QED) is 0.649. The molecule has 0 aromatic carbocycles. The smallest absolute Gasteiger partial charge is 0.311 e. The molecule has 0 radical (unpaired) electrons. The first-order chi connectivity index (χ1) is 9.61. The van der Waals surface area contributed by atoms with Crippen molar-refractivity contribution < 1.29 is 10.0 Å². The molecule has 0 amide bonds. The fourth-order valence-corrected chi connectivity index (χ4v) is 2.47. The number of nitrogens with zero attached hydrogens (tertiary/aromatic N) is 4. The Morgan fingerprint density at radius 1 is 1.40 bits per heavy atom. The molecule has 2 rings (SSSR count). The third kappa shape index (κ3) is 3.43. The number of aliphatic hydroxyl groups is 1. The van der Waals surface area contributed by atoms with E-state index in [0.29, 0.717) is 18.9 Å². The zero-order valence-electron chi connectivity index (χ0n) is 11.7. The summed E-state index contributed by atoms with van der Waals surface area (Å²) in [5.41, 5.74) is 0.859. The Morgan fingerprint density at radius 3 is 2.90 bits per heavy atom. The Hall–Kier alpha value is -1.73. The van der Waals surface area contributed by atoms with Crippen molar-refractivity contribution >= 4 is 11.5 Å². The fraction of sp³-hybridized carbons (Fsp3) is 0.615. The van der Waals surface area contributed by atoms with E-state index in [2.05, 4.69) is 9.88 Å². The highest BCUT2D eigenvalue weighted by Gasteiger charge is 2.23. The van der Waals surface area contributed by atoms with Gasteiger partial charge in [-0.1, -0.05) is 0 Å². The van der Waals surface area contributed by atoms with E-state index in [1.54, 1.807) is 19.2 Å². The molecule has 110 valence electrons. The second kappa shape index (κ2) is 6.62. The predicted molar refractivity (Wildman–Crippen MR) is 76.0 cm³/mol. The summed E-state index contributed by atoms with van der Waals surface area (Å²) in [5, 5.41) is 20.1. The number of hydrogen-bond donors (Lipinski definition) is 1. The van der Waals surface area contributed by atoms with Gasteiger partial charge in [0, 0.05) is 38.4 Å². The summed E-state index contributed by atoms with van der Waals surface area (Å²) in [7, 11) is 0. The van der Waals surface area contributed by atoms with Crippen molar-refractivity contribution in [3.05, 3.63) is 27.9 Å². The molecule has 0 spiro atoms. The maximum atomic E-state index is 11.2. The molecule has 1 aromatic heterocycles. The van der Waals surface area contributed by atoms with Gasteiger partial charge in [-0.15, -0.1) is 0 Å². The monoisotopic (exact) mass is 280 g/mol. The molecular formula is C13H20N4O3. The van der Waals surface area contributed by atoms with Gasteiger partial charge < -0.3 is 10.0 Å². The zero-order valence-corrected chi connectivity index (χ0v) is 11.7. The van der Waals surface area contributed by atoms with Crippen LogP contribution in [0.4, 0.5) is 11.5 Å². The van der Waals surface area contributed by atoms with Gasteiger partial charge in [0.2, 0.25) is 5.82 Å². The second-order valence-electron chi connectivity index (χ2n) is 5.02. The number of nitro groups is 1. The second-order valence-corrected chi connectivity index (χ2v) is 5.02. The number of anilines is 1. The standard InChI is InChI=1S/C13H20N4O3/c1-11-9-12(17(19)20)13(14-10-11)16-4-2-3-15(5-6-16)7-8-18/h9-10,18H,2-8H2,1H3. The van der Waals surface area contributed by atoms with Crippen LogP contribution in [0.25, 0.3) is 0 Å². The highest BCUT2D eigenvalue weighted by atomic mass is 16.6. The Morgan fingerprint density at radius 2 is 2.20 bits per heavy atom. The largest absolute Gasteiger partial charge is 0.395 e. The maximum absolute atomic E-state index is 11.2. The minimum atomic E-state index is -0.369. The van der Waals surface area contributed by atoms with Crippen LogP contribution in [0.1, 0.15) is 12.0 Å². The highest BCUT2D eigenvalue weighted by molar-refractivity contribution is 5.58. The van der Waals surface area contributed by atoms with Crippen LogP contribution in [-0.4, -0.2) is 59.2 Å². The molecule has 1 aliphatic rings. The molecular weight excluding hydrogens is 260 g/mol. The topological polar surface area (TPSA) is 82.7 Å². The summed E-state index contributed by atoms with van der Waals surface area (Å²) in [5.74, 6) is 0.450. The van der Waals surface area contributed by atoms with E-state index in [0.717, 1.165) is 31.6 Å². The molecule has 0 bridgehead atoms. The van der Waals surface area contributed by atoms with Gasteiger partial charge in [-0.3, -0.25) is 15.0 Å². The van der Waals surface area contributed by atoms with Crippen molar-refractivity contribution in [3.8, 4) is 0 Å². The van der Waals surface area contributed by atoms with E-state index in [1.165, 1.54) is 0 Å². The first kappa shape index (κ1) is 14.7. The molecule has 0 unspecified atom stereocenters. The van der Waals surface area contributed by atoms with Crippen LogP contribution in [0.5, 0.6) is 0 Å². The molecule has 7 heteroatoms. The third-order valence-electron chi connectivity index (χ3n) is 3.48. The lowest BCUT2D eigenvalue weighted by molar-refractivity contribution is -0.384. The maximum Gasteiger partial charge on any atom is 0.311 e. The summed E-state index contributed by atoms with van der Waals surface area (Å²) < 4.78 is 0. The molecule has 2 heterocycles. The molecule has 0 saturated carbocycles. The Bertz CT molecular complexity index is 481. The van der Waals surface area contributed by atoms with Crippen molar-refractivity contribution in [1.29, 1.82) is 0 Å². The molecule has 1 saturated heterocycles. The van der Waals surface area contributed by atoms with E-state index in [-0.39, 0.29) is 17.2 Å². The number of hydrogen-bond acceptors (Lipinski definition) is 6. The van der Waals surface area contributed by atoms with E-state index in [9.17, 15) is 10.1 Å². The van der Waals surface area contributed by atoms with Gasteiger partial charge in [-0.2, -0.15) is 0 Å². The predicted octanol–water partition coefficient (Wildman–Crippen LogP) is 0.803. The number of aromatic nitrogens is 1. The lowest BCUT2D eigenvalue weighted by Gasteiger charge is -2.22.